The Morgan fingerprint density at radius 1 is 1.47 bits per heavy atom. The molecule has 1 aliphatic carbocycles. The smallest absolute Gasteiger partial charge is 0.150 e. The van der Waals surface area contributed by atoms with Gasteiger partial charge < -0.3 is 0 Å². The van der Waals surface area contributed by atoms with Crippen molar-refractivity contribution in [1.29, 1.82) is 0 Å². The summed E-state index contributed by atoms with van der Waals surface area (Å²) in [4.78, 5) is 10.7. The molecule has 1 nitrogen and oxygen atoms in total. The van der Waals surface area contributed by atoms with Crippen molar-refractivity contribution in [1.82, 2.24) is 0 Å². The Morgan fingerprint density at radius 3 is 2.87 bits per heavy atom. The monoisotopic (exact) mass is 220 g/mol. The molecule has 0 radical (unpaired) electrons. The van der Waals surface area contributed by atoms with E-state index in [9.17, 15) is 4.79 Å². The summed E-state index contributed by atoms with van der Waals surface area (Å²) in [7, 11) is 0. The van der Waals surface area contributed by atoms with Crippen molar-refractivity contribution in [2.75, 3.05) is 11.5 Å². The van der Waals surface area contributed by atoms with Crippen molar-refractivity contribution in [3.8, 4) is 0 Å². The van der Waals surface area contributed by atoms with Crippen LogP contribution in [0.25, 0.3) is 0 Å². The summed E-state index contributed by atoms with van der Waals surface area (Å²) in [6.07, 6.45) is 3.50. The lowest BCUT2D eigenvalue weighted by atomic mass is 9.96. The zero-order valence-corrected chi connectivity index (χ0v) is 9.85. The molecular weight excluding hydrogens is 204 g/mol. The van der Waals surface area contributed by atoms with Crippen molar-refractivity contribution in [2.45, 2.75) is 25.2 Å². The van der Waals surface area contributed by atoms with Crippen molar-refractivity contribution in [3.63, 3.8) is 0 Å². The molecule has 0 spiro atoms. The Balaban J connectivity index is 2.17. The maximum absolute atomic E-state index is 10.7. The Kier molecular flexibility index (Phi) is 3.15. The molecule has 0 unspecified atom stereocenters. The molecule has 1 aliphatic rings. The fourth-order valence-electron chi connectivity index (χ4n) is 1.91. The minimum absolute atomic E-state index is 0.389. The third-order valence-electron chi connectivity index (χ3n) is 3.07. The minimum Gasteiger partial charge on any atom is -0.298 e. The number of thioether (sulfide) groups is 1. The van der Waals surface area contributed by atoms with E-state index in [0.29, 0.717) is 5.41 Å². The molecule has 1 saturated carbocycles. The van der Waals surface area contributed by atoms with Crippen LogP contribution in [0, 0.1) is 0 Å². The molecule has 2 rings (SSSR count). The predicted octanol–water partition coefficient (Wildman–Crippen LogP) is 3.28. The third kappa shape index (κ3) is 2.25. The largest absolute Gasteiger partial charge is 0.298 e. The molecule has 1 aromatic rings. The fraction of sp³-hybridized carbons (Fsp3) is 0.462. The van der Waals surface area contributed by atoms with E-state index >= 15 is 0 Å². The Bertz CT molecular complexity index is 355. The molecule has 2 heteroatoms. The van der Waals surface area contributed by atoms with Gasteiger partial charge in [-0.2, -0.15) is 11.8 Å². The third-order valence-corrected chi connectivity index (χ3v) is 4.24. The van der Waals surface area contributed by atoms with Crippen LogP contribution in [0.15, 0.2) is 24.3 Å². The van der Waals surface area contributed by atoms with Crippen molar-refractivity contribution in [2.24, 2.45) is 0 Å². The number of hydrogen-bond donors (Lipinski definition) is 0. The van der Waals surface area contributed by atoms with E-state index in [1.54, 1.807) is 0 Å². The van der Waals surface area contributed by atoms with Gasteiger partial charge in [-0.3, -0.25) is 4.79 Å². The van der Waals surface area contributed by atoms with Crippen LogP contribution in [0.5, 0.6) is 0 Å². The lowest BCUT2D eigenvalue weighted by Crippen LogP contribution is -2.10. The molecule has 0 N–H and O–H groups in total. The summed E-state index contributed by atoms with van der Waals surface area (Å²) < 4.78 is 0. The van der Waals surface area contributed by atoms with Crippen LogP contribution in [0.2, 0.25) is 0 Å². The highest BCUT2D eigenvalue weighted by molar-refractivity contribution is 7.99. The molecule has 0 saturated heterocycles. The molecule has 1 aromatic carbocycles. The lowest BCUT2D eigenvalue weighted by molar-refractivity contribution is 0.112. The average molecular weight is 220 g/mol. The zero-order chi connectivity index (χ0) is 10.7. The highest BCUT2D eigenvalue weighted by Crippen LogP contribution is 2.50. The van der Waals surface area contributed by atoms with Crippen LogP contribution < -0.4 is 0 Å². The van der Waals surface area contributed by atoms with E-state index in [2.05, 4.69) is 19.1 Å². The van der Waals surface area contributed by atoms with Gasteiger partial charge in [0.2, 0.25) is 0 Å². The topological polar surface area (TPSA) is 17.1 Å². The fourth-order valence-corrected chi connectivity index (χ4v) is 2.96. The van der Waals surface area contributed by atoms with Gasteiger partial charge in [0.15, 0.2) is 0 Å². The van der Waals surface area contributed by atoms with Crippen LogP contribution in [0.4, 0.5) is 0 Å². The predicted molar refractivity (Wildman–Crippen MR) is 65.7 cm³/mol. The average Bonchev–Trinajstić information content (AvgIpc) is 3.08. The molecule has 0 amide bonds. The van der Waals surface area contributed by atoms with Crippen LogP contribution in [-0.2, 0) is 5.41 Å². The minimum atomic E-state index is 0.389. The highest BCUT2D eigenvalue weighted by Gasteiger charge is 2.43. The Morgan fingerprint density at radius 2 is 2.27 bits per heavy atom. The normalized spacial score (nSPS) is 17.4. The number of aldehydes is 1. The second-order valence-corrected chi connectivity index (χ2v) is 5.44. The van der Waals surface area contributed by atoms with Gasteiger partial charge in [0.25, 0.3) is 0 Å². The van der Waals surface area contributed by atoms with Gasteiger partial charge in [-0.05, 0) is 30.2 Å². The van der Waals surface area contributed by atoms with Crippen LogP contribution in [0.1, 0.15) is 35.7 Å². The van der Waals surface area contributed by atoms with E-state index in [1.165, 1.54) is 29.9 Å². The van der Waals surface area contributed by atoms with Crippen LogP contribution in [-0.4, -0.2) is 17.8 Å². The molecule has 0 atom stereocenters. The number of benzene rings is 1. The van der Waals surface area contributed by atoms with E-state index in [4.69, 9.17) is 0 Å². The number of carbonyl (C=O) groups is 1. The van der Waals surface area contributed by atoms with Gasteiger partial charge in [-0.15, -0.1) is 0 Å². The first-order valence-corrected chi connectivity index (χ1v) is 6.60. The maximum Gasteiger partial charge on any atom is 0.150 e. The SMILES string of the molecule is CCSCC1(c2cccc(C=O)c2)CC1. The van der Waals surface area contributed by atoms with E-state index in [0.717, 1.165) is 11.8 Å². The number of hydrogen-bond acceptors (Lipinski definition) is 2. The number of rotatable bonds is 5. The second kappa shape index (κ2) is 4.40. The highest BCUT2D eigenvalue weighted by atomic mass is 32.2. The van der Waals surface area contributed by atoms with Crippen molar-refractivity contribution in [3.05, 3.63) is 35.4 Å². The van der Waals surface area contributed by atoms with Gasteiger partial charge in [0, 0.05) is 16.7 Å². The molecule has 1 fully saturated rings. The molecular formula is C13H16OS. The molecule has 80 valence electrons. The second-order valence-electron chi connectivity index (χ2n) is 4.16. The van der Waals surface area contributed by atoms with Gasteiger partial charge in [0.05, 0.1) is 0 Å². The lowest BCUT2D eigenvalue weighted by Gasteiger charge is -2.15. The van der Waals surface area contributed by atoms with Crippen LogP contribution in [0.3, 0.4) is 0 Å². The number of carbonyl (C=O) groups excluding carboxylic acids is 1. The molecule has 0 aromatic heterocycles. The van der Waals surface area contributed by atoms with Gasteiger partial charge in [0.1, 0.15) is 6.29 Å². The quantitative estimate of drug-likeness (QED) is 0.708. The molecule has 15 heavy (non-hydrogen) atoms. The van der Waals surface area contributed by atoms with Crippen molar-refractivity contribution < 1.29 is 4.79 Å². The summed E-state index contributed by atoms with van der Waals surface area (Å²) >= 11 is 2.00. The molecule has 0 aliphatic heterocycles. The van der Waals surface area contributed by atoms with Gasteiger partial charge in [-0.1, -0.05) is 25.1 Å². The standard InChI is InChI=1S/C13H16OS/c1-2-15-10-13(6-7-13)12-5-3-4-11(8-12)9-14/h3-5,8-9H,2,6-7,10H2,1H3. The Labute approximate surface area is 95.3 Å². The van der Waals surface area contributed by atoms with E-state index < -0.39 is 0 Å². The van der Waals surface area contributed by atoms with Crippen molar-refractivity contribution >= 4 is 18.0 Å². The summed E-state index contributed by atoms with van der Waals surface area (Å²) in [5.74, 6) is 2.38. The molecule has 0 heterocycles. The first-order chi connectivity index (χ1) is 7.30. The zero-order valence-electron chi connectivity index (χ0n) is 9.03. The summed E-state index contributed by atoms with van der Waals surface area (Å²) in [5, 5.41) is 0. The van der Waals surface area contributed by atoms with Gasteiger partial charge >= 0.3 is 0 Å². The first kappa shape index (κ1) is 10.7. The summed E-state index contributed by atoms with van der Waals surface area (Å²) in [5.41, 5.74) is 2.55. The first-order valence-electron chi connectivity index (χ1n) is 5.44. The summed E-state index contributed by atoms with van der Waals surface area (Å²) in [6.45, 7) is 2.20. The summed E-state index contributed by atoms with van der Waals surface area (Å²) in [6, 6.07) is 8.09. The van der Waals surface area contributed by atoms with E-state index in [1.807, 2.05) is 23.9 Å². The van der Waals surface area contributed by atoms with E-state index in [-0.39, 0.29) is 0 Å². The Hall–Kier alpha value is -0.760. The van der Waals surface area contributed by atoms with Gasteiger partial charge in [-0.25, -0.2) is 0 Å². The molecule has 0 bridgehead atoms. The van der Waals surface area contributed by atoms with Crippen LogP contribution >= 0.6 is 11.8 Å². The maximum atomic E-state index is 10.7.